The highest BCUT2D eigenvalue weighted by molar-refractivity contribution is 5.93. The SMILES string of the molecule is NCCCCC(N)C(=O)O.Nc1ccccc1C(=O)O. The summed E-state index contributed by atoms with van der Waals surface area (Å²) in [5, 5.41) is 16.8. The summed E-state index contributed by atoms with van der Waals surface area (Å²) in [4.78, 5) is 20.5. The van der Waals surface area contributed by atoms with Crippen LogP contribution >= 0.6 is 0 Å². The first kappa shape index (κ1) is 17.9. The zero-order chi connectivity index (χ0) is 15.5. The first-order chi connectivity index (χ1) is 9.40. The Morgan fingerprint density at radius 1 is 1.15 bits per heavy atom. The number of carboxylic acid groups (broad SMARTS) is 2. The molecular formula is C13H21N3O4. The van der Waals surface area contributed by atoms with Crippen LogP contribution in [0.25, 0.3) is 0 Å². The van der Waals surface area contributed by atoms with E-state index in [4.69, 9.17) is 27.4 Å². The molecule has 7 heteroatoms. The van der Waals surface area contributed by atoms with Crippen LogP contribution in [0.4, 0.5) is 5.69 Å². The number of anilines is 1. The average molecular weight is 283 g/mol. The van der Waals surface area contributed by atoms with Gasteiger partial charge >= 0.3 is 11.9 Å². The first-order valence-corrected chi connectivity index (χ1v) is 6.16. The Kier molecular flexibility index (Phi) is 8.73. The molecule has 1 unspecified atom stereocenters. The predicted octanol–water partition coefficient (Wildman–Crippen LogP) is 0.494. The summed E-state index contributed by atoms with van der Waals surface area (Å²) in [6, 6.07) is 5.65. The summed E-state index contributed by atoms with van der Waals surface area (Å²) in [6.45, 7) is 0.604. The Morgan fingerprint density at radius 2 is 1.75 bits per heavy atom. The van der Waals surface area contributed by atoms with E-state index in [-0.39, 0.29) is 5.56 Å². The molecule has 0 bridgehead atoms. The summed E-state index contributed by atoms with van der Waals surface area (Å²) >= 11 is 0. The summed E-state index contributed by atoms with van der Waals surface area (Å²) in [5.74, 6) is -1.92. The zero-order valence-corrected chi connectivity index (χ0v) is 11.2. The molecule has 0 aliphatic rings. The highest BCUT2D eigenvalue weighted by Crippen LogP contribution is 2.09. The lowest BCUT2D eigenvalue weighted by molar-refractivity contribution is -0.138. The van der Waals surface area contributed by atoms with Gasteiger partial charge in [0.15, 0.2) is 0 Å². The molecule has 0 saturated heterocycles. The lowest BCUT2D eigenvalue weighted by Gasteiger charge is -2.03. The summed E-state index contributed by atoms with van der Waals surface area (Å²) in [7, 11) is 0. The Balaban J connectivity index is 0.000000361. The minimum absolute atomic E-state index is 0.155. The van der Waals surface area contributed by atoms with Gasteiger partial charge in [-0.25, -0.2) is 4.79 Å². The van der Waals surface area contributed by atoms with Gasteiger partial charge in [0.25, 0.3) is 0 Å². The molecule has 0 aromatic heterocycles. The third-order valence-electron chi connectivity index (χ3n) is 2.48. The highest BCUT2D eigenvalue weighted by Gasteiger charge is 2.09. The van der Waals surface area contributed by atoms with Gasteiger partial charge < -0.3 is 27.4 Å². The van der Waals surface area contributed by atoms with Crippen molar-refractivity contribution in [2.75, 3.05) is 12.3 Å². The Hall–Kier alpha value is -2.12. The van der Waals surface area contributed by atoms with Crippen LogP contribution in [0, 0.1) is 0 Å². The molecule has 0 amide bonds. The number of aliphatic carboxylic acids is 1. The van der Waals surface area contributed by atoms with E-state index in [0.717, 1.165) is 12.8 Å². The maximum atomic E-state index is 10.3. The van der Waals surface area contributed by atoms with Gasteiger partial charge in [0.05, 0.1) is 5.56 Å². The van der Waals surface area contributed by atoms with E-state index in [1.54, 1.807) is 18.2 Å². The molecule has 1 aromatic carbocycles. The van der Waals surface area contributed by atoms with Crippen molar-refractivity contribution >= 4 is 17.6 Å². The van der Waals surface area contributed by atoms with E-state index in [0.29, 0.717) is 18.7 Å². The fraction of sp³-hybridized carbons (Fsp3) is 0.385. The molecule has 112 valence electrons. The van der Waals surface area contributed by atoms with Gasteiger partial charge in [-0.05, 0) is 31.5 Å². The number of hydrogen-bond donors (Lipinski definition) is 5. The Bertz CT molecular complexity index is 437. The smallest absolute Gasteiger partial charge is 0.337 e. The van der Waals surface area contributed by atoms with Crippen molar-refractivity contribution in [3.05, 3.63) is 29.8 Å². The largest absolute Gasteiger partial charge is 0.480 e. The monoisotopic (exact) mass is 283 g/mol. The molecule has 0 radical (unpaired) electrons. The molecular weight excluding hydrogens is 262 g/mol. The Morgan fingerprint density at radius 3 is 2.15 bits per heavy atom. The molecule has 0 saturated carbocycles. The molecule has 0 heterocycles. The number of nitrogens with two attached hydrogens (primary N) is 3. The summed E-state index contributed by atoms with van der Waals surface area (Å²) in [5.41, 5.74) is 16.2. The van der Waals surface area contributed by atoms with E-state index in [2.05, 4.69) is 0 Å². The molecule has 1 rings (SSSR count). The van der Waals surface area contributed by atoms with Crippen LogP contribution < -0.4 is 17.2 Å². The molecule has 20 heavy (non-hydrogen) atoms. The third kappa shape index (κ3) is 7.34. The fourth-order valence-corrected chi connectivity index (χ4v) is 1.32. The van der Waals surface area contributed by atoms with Crippen LogP contribution in [0.15, 0.2) is 24.3 Å². The number of nitrogen functional groups attached to an aromatic ring is 1. The third-order valence-corrected chi connectivity index (χ3v) is 2.48. The average Bonchev–Trinajstić information content (AvgIpc) is 2.39. The van der Waals surface area contributed by atoms with Crippen molar-refractivity contribution in [3.63, 3.8) is 0 Å². The number of carboxylic acids is 2. The minimum atomic E-state index is -0.988. The minimum Gasteiger partial charge on any atom is -0.480 e. The quantitative estimate of drug-likeness (QED) is 0.376. The molecule has 0 spiro atoms. The lowest BCUT2D eigenvalue weighted by atomic mass is 10.1. The second-order valence-electron chi connectivity index (χ2n) is 4.12. The van der Waals surface area contributed by atoms with E-state index in [9.17, 15) is 9.59 Å². The molecule has 7 nitrogen and oxygen atoms in total. The van der Waals surface area contributed by atoms with Crippen LogP contribution in [-0.4, -0.2) is 34.7 Å². The molecule has 0 aliphatic heterocycles. The van der Waals surface area contributed by atoms with Crippen molar-refractivity contribution in [2.45, 2.75) is 25.3 Å². The summed E-state index contributed by atoms with van der Waals surface area (Å²) < 4.78 is 0. The second kappa shape index (κ2) is 9.76. The van der Waals surface area contributed by atoms with Crippen molar-refractivity contribution in [2.24, 2.45) is 11.5 Å². The first-order valence-electron chi connectivity index (χ1n) is 6.16. The normalized spacial score (nSPS) is 11.1. The number of carbonyl (C=O) groups is 2. The molecule has 0 aliphatic carbocycles. The van der Waals surface area contributed by atoms with Crippen molar-refractivity contribution < 1.29 is 19.8 Å². The number of rotatable bonds is 6. The van der Waals surface area contributed by atoms with E-state index in [1.807, 2.05) is 0 Å². The van der Waals surface area contributed by atoms with Crippen LogP contribution in [0.2, 0.25) is 0 Å². The highest BCUT2D eigenvalue weighted by atomic mass is 16.4. The predicted molar refractivity (Wildman–Crippen MR) is 76.3 cm³/mol. The second-order valence-corrected chi connectivity index (χ2v) is 4.12. The zero-order valence-electron chi connectivity index (χ0n) is 11.2. The van der Waals surface area contributed by atoms with E-state index < -0.39 is 18.0 Å². The van der Waals surface area contributed by atoms with E-state index in [1.165, 1.54) is 6.07 Å². The topological polar surface area (TPSA) is 153 Å². The standard InChI is InChI=1S/C7H7NO2.C6H14N2O2/c8-6-4-2-1-3-5(6)7(9)10;7-4-2-1-3-5(8)6(9)10/h1-4H,8H2,(H,9,10);5H,1-4,7-8H2,(H,9,10). The molecule has 1 atom stereocenters. The van der Waals surface area contributed by atoms with Gasteiger partial charge in [-0.15, -0.1) is 0 Å². The van der Waals surface area contributed by atoms with Gasteiger partial charge in [0.2, 0.25) is 0 Å². The van der Waals surface area contributed by atoms with Crippen LogP contribution in [0.1, 0.15) is 29.6 Å². The molecule has 1 aromatic rings. The molecule has 0 fully saturated rings. The summed E-state index contributed by atoms with van der Waals surface area (Å²) in [6.07, 6.45) is 2.16. The maximum absolute atomic E-state index is 10.3. The number of para-hydroxylation sites is 1. The molecule has 8 N–H and O–H groups in total. The van der Waals surface area contributed by atoms with Crippen LogP contribution in [0.3, 0.4) is 0 Å². The van der Waals surface area contributed by atoms with Crippen molar-refractivity contribution in [3.8, 4) is 0 Å². The maximum Gasteiger partial charge on any atom is 0.337 e. The lowest BCUT2D eigenvalue weighted by Crippen LogP contribution is -2.29. The van der Waals surface area contributed by atoms with Crippen LogP contribution in [-0.2, 0) is 4.79 Å². The number of hydrogen-bond acceptors (Lipinski definition) is 5. The van der Waals surface area contributed by atoms with Gasteiger partial charge in [-0.2, -0.15) is 0 Å². The number of aromatic carboxylic acids is 1. The fourth-order valence-electron chi connectivity index (χ4n) is 1.32. The Labute approximate surface area is 117 Å². The van der Waals surface area contributed by atoms with Gasteiger partial charge in [-0.1, -0.05) is 18.6 Å². The van der Waals surface area contributed by atoms with Crippen molar-refractivity contribution in [1.29, 1.82) is 0 Å². The number of unbranched alkanes of at least 4 members (excludes halogenated alkanes) is 1. The van der Waals surface area contributed by atoms with Gasteiger partial charge in [0.1, 0.15) is 6.04 Å². The van der Waals surface area contributed by atoms with Gasteiger partial charge in [0, 0.05) is 5.69 Å². The van der Waals surface area contributed by atoms with Crippen LogP contribution in [0.5, 0.6) is 0 Å². The van der Waals surface area contributed by atoms with Crippen molar-refractivity contribution in [1.82, 2.24) is 0 Å². The number of benzene rings is 1. The van der Waals surface area contributed by atoms with Gasteiger partial charge in [-0.3, -0.25) is 4.79 Å². The van der Waals surface area contributed by atoms with E-state index >= 15 is 0 Å².